The van der Waals surface area contributed by atoms with Gasteiger partial charge in [0.15, 0.2) is 0 Å². The molecule has 1 aliphatic heterocycles. The first-order valence-electron chi connectivity index (χ1n) is 8.67. The predicted octanol–water partition coefficient (Wildman–Crippen LogP) is 2.10. The summed E-state index contributed by atoms with van der Waals surface area (Å²) in [6, 6.07) is 4.84. The lowest BCUT2D eigenvalue weighted by molar-refractivity contribution is 0.0956. The van der Waals surface area contributed by atoms with Crippen LogP contribution >= 0.6 is 12.4 Å². The first-order valence-corrected chi connectivity index (χ1v) is 10.1. The molecule has 0 bridgehead atoms. The second kappa shape index (κ2) is 10.1. The first kappa shape index (κ1) is 22.6. The second-order valence-corrected chi connectivity index (χ2v) is 7.98. The Labute approximate surface area is 162 Å². The molecule has 26 heavy (non-hydrogen) atoms. The van der Waals surface area contributed by atoms with Gasteiger partial charge in [-0.3, -0.25) is 4.79 Å². The van der Waals surface area contributed by atoms with Crippen molar-refractivity contribution in [2.75, 3.05) is 32.7 Å². The average Bonchev–Trinajstić information content (AvgIpc) is 2.61. The predicted molar refractivity (Wildman–Crippen MR) is 106 cm³/mol. The Bertz CT molecular complexity index is 759. The molecule has 1 amide bonds. The van der Waals surface area contributed by atoms with Crippen LogP contribution in [0.25, 0.3) is 0 Å². The van der Waals surface area contributed by atoms with Gasteiger partial charge in [0.25, 0.3) is 5.91 Å². The van der Waals surface area contributed by atoms with Crippen molar-refractivity contribution in [1.29, 1.82) is 0 Å². The van der Waals surface area contributed by atoms with Crippen LogP contribution < -0.4 is 10.6 Å². The molecule has 0 saturated carbocycles. The largest absolute Gasteiger partial charge is 0.348 e. The van der Waals surface area contributed by atoms with E-state index >= 15 is 0 Å². The SMILES string of the molecule is CCN(CC)S(=O)(=O)c1cc(C(=O)NCC2=CCNCC2)ccc1C.Cl. The summed E-state index contributed by atoms with van der Waals surface area (Å²) in [5, 5.41) is 6.11. The number of halogens is 1. The van der Waals surface area contributed by atoms with Gasteiger partial charge in [-0.1, -0.05) is 31.6 Å². The van der Waals surface area contributed by atoms with E-state index in [-0.39, 0.29) is 23.2 Å². The summed E-state index contributed by atoms with van der Waals surface area (Å²) in [5.41, 5.74) is 2.20. The van der Waals surface area contributed by atoms with Crippen LogP contribution in [0.3, 0.4) is 0 Å². The van der Waals surface area contributed by atoms with E-state index in [4.69, 9.17) is 0 Å². The van der Waals surface area contributed by atoms with Crippen LogP contribution in [-0.4, -0.2) is 51.4 Å². The summed E-state index contributed by atoms with van der Waals surface area (Å²) in [5.74, 6) is -0.254. The number of nitrogens with one attached hydrogen (secondary N) is 2. The first-order chi connectivity index (χ1) is 11.9. The zero-order chi connectivity index (χ0) is 18.4. The maximum absolute atomic E-state index is 12.8. The number of nitrogens with zero attached hydrogens (tertiary/aromatic N) is 1. The molecule has 0 aromatic heterocycles. The lowest BCUT2D eigenvalue weighted by Gasteiger charge is -2.20. The molecule has 0 aliphatic carbocycles. The summed E-state index contributed by atoms with van der Waals surface area (Å²) in [4.78, 5) is 12.6. The van der Waals surface area contributed by atoms with E-state index in [1.165, 1.54) is 15.9 Å². The molecular formula is C18H28ClN3O3S. The minimum absolute atomic E-state index is 0. The molecule has 1 heterocycles. The van der Waals surface area contributed by atoms with E-state index in [0.717, 1.165) is 19.5 Å². The van der Waals surface area contributed by atoms with Crippen LogP contribution in [0, 0.1) is 6.92 Å². The van der Waals surface area contributed by atoms with Gasteiger partial charge < -0.3 is 10.6 Å². The molecule has 0 atom stereocenters. The molecule has 1 aromatic carbocycles. The Hall–Kier alpha value is -1.41. The Balaban J connectivity index is 0.00000338. The fourth-order valence-electron chi connectivity index (χ4n) is 2.85. The molecule has 146 valence electrons. The number of carbonyl (C=O) groups is 1. The van der Waals surface area contributed by atoms with E-state index in [9.17, 15) is 13.2 Å². The summed E-state index contributed by atoms with van der Waals surface area (Å²) < 4.78 is 26.9. The smallest absolute Gasteiger partial charge is 0.251 e. The van der Waals surface area contributed by atoms with E-state index in [1.807, 2.05) is 0 Å². The van der Waals surface area contributed by atoms with Gasteiger partial charge >= 0.3 is 0 Å². The molecule has 6 nitrogen and oxygen atoms in total. The van der Waals surface area contributed by atoms with Crippen molar-refractivity contribution < 1.29 is 13.2 Å². The average molecular weight is 402 g/mol. The van der Waals surface area contributed by atoms with Gasteiger partial charge in [-0.2, -0.15) is 4.31 Å². The summed E-state index contributed by atoms with van der Waals surface area (Å²) in [7, 11) is -3.59. The van der Waals surface area contributed by atoms with Crippen molar-refractivity contribution >= 4 is 28.3 Å². The molecule has 2 rings (SSSR count). The highest BCUT2D eigenvalue weighted by Crippen LogP contribution is 2.21. The molecule has 0 fully saturated rings. The third-order valence-electron chi connectivity index (χ3n) is 4.41. The Morgan fingerprint density at radius 1 is 1.27 bits per heavy atom. The van der Waals surface area contributed by atoms with E-state index < -0.39 is 10.0 Å². The molecule has 1 aromatic rings. The van der Waals surface area contributed by atoms with Crippen LogP contribution in [0.1, 0.15) is 36.2 Å². The monoisotopic (exact) mass is 401 g/mol. The molecule has 0 radical (unpaired) electrons. The van der Waals surface area contributed by atoms with Crippen molar-refractivity contribution in [3.8, 4) is 0 Å². The highest BCUT2D eigenvalue weighted by atomic mass is 35.5. The maximum atomic E-state index is 12.8. The highest BCUT2D eigenvalue weighted by Gasteiger charge is 2.24. The van der Waals surface area contributed by atoms with Gasteiger partial charge in [0.1, 0.15) is 0 Å². The normalized spacial score (nSPS) is 14.5. The van der Waals surface area contributed by atoms with Gasteiger partial charge in [-0.05, 0) is 37.6 Å². The molecule has 2 N–H and O–H groups in total. The van der Waals surface area contributed by atoms with E-state index in [2.05, 4.69) is 16.7 Å². The van der Waals surface area contributed by atoms with Crippen LogP contribution in [0.4, 0.5) is 0 Å². The van der Waals surface area contributed by atoms with Crippen molar-refractivity contribution in [3.05, 3.63) is 41.0 Å². The molecule has 1 aliphatic rings. The van der Waals surface area contributed by atoms with Crippen LogP contribution in [0.15, 0.2) is 34.7 Å². The number of carbonyl (C=O) groups excluding carboxylic acids is 1. The van der Waals surface area contributed by atoms with Crippen LogP contribution in [0.2, 0.25) is 0 Å². The van der Waals surface area contributed by atoms with Gasteiger partial charge in [0.05, 0.1) is 4.90 Å². The van der Waals surface area contributed by atoms with Gasteiger partial charge in [-0.15, -0.1) is 12.4 Å². The van der Waals surface area contributed by atoms with Crippen molar-refractivity contribution in [1.82, 2.24) is 14.9 Å². The van der Waals surface area contributed by atoms with E-state index in [1.54, 1.807) is 32.9 Å². The Morgan fingerprint density at radius 2 is 1.96 bits per heavy atom. The highest BCUT2D eigenvalue weighted by molar-refractivity contribution is 7.89. The zero-order valence-corrected chi connectivity index (χ0v) is 17.2. The van der Waals surface area contributed by atoms with Gasteiger partial charge in [0.2, 0.25) is 10.0 Å². The Kier molecular flexibility index (Phi) is 8.76. The summed E-state index contributed by atoms with van der Waals surface area (Å²) in [6.45, 7) is 8.39. The fraction of sp³-hybridized carbons (Fsp3) is 0.500. The minimum atomic E-state index is -3.59. The third-order valence-corrected chi connectivity index (χ3v) is 6.60. The minimum Gasteiger partial charge on any atom is -0.348 e. The number of aryl methyl sites for hydroxylation is 1. The lowest BCUT2D eigenvalue weighted by Crippen LogP contribution is -2.32. The maximum Gasteiger partial charge on any atom is 0.251 e. The van der Waals surface area contributed by atoms with Gasteiger partial charge in [0, 0.05) is 31.7 Å². The number of rotatable bonds is 7. The number of amides is 1. The van der Waals surface area contributed by atoms with Crippen LogP contribution in [-0.2, 0) is 10.0 Å². The lowest BCUT2D eigenvalue weighted by atomic mass is 10.1. The topological polar surface area (TPSA) is 78.5 Å². The molecule has 0 saturated heterocycles. The zero-order valence-electron chi connectivity index (χ0n) is 15.5. The molecule has 8 heteroatoms. The summed E-state index contributed by atoms with van der Waals surface area (Å²) in [6.07, 6.45) is 2.99. The molecular weight excluding hydrogens is 374 g/mol. The molecule has 0 spiro atoms. The third kappa shape index (κ3) is 5.30. The number of sulfonamides is 1. The fourth-order valence-corrected chi connectivity index (χ4v) is 4.56. The summed E-state index contributed by atoms with van der Waals surface area (Å²) >= 11 is 0. The standard InChI is InChI=1S/C18H27N3O3S.ClH/c1-4-21(5-2)25(23,24)17-12-16(7-6-14(17)3)18(22)20-13-15-8-10-19-11-9-15;/h6-8,12,19H,4-5,9-11,13H2,1-3H3,(H,20,22);1H. The number of hydrogen-bond donors (Lipinski definition) is 2. The second-order valence-electron chi connectivity index (χ2n) is 6.07. The molecule has 0 unspecified atom stereocenters. The van der Waals surface area contributed by atoms with E-state index in [0.29, 0.717) is 30.8 Å². The van der Waals surface area contributed by atoms with Crippen LogP contribution in [0.5, 0.6) is 0 Å². The van der Waals surface area contributed by atoms with Crippen molar-refractivity contribution in [3.63, 3.8) is 0 Å². The number of benzene rings is 1. The number of hydrogen-bond acceptors (Lipinski definition) is 4. The quantitative estimate of drug-likeness (QED) is 0.686. The van der Waals surface area contributed by atoms with Crippen molar-refractivity contribution in [2.24, 2.45) is 0 Å². The van der Waals surface area contributed by atoms with Crippen molar-refractivity contribution in [2.45, 2.75) is 32.1 Å². The van der Waals surface area contributed by atoms with Gasteiger partial charge in [-0.25, -0.2) is 8.42 Å². The Morgan fingerprint density at radius 3 is 2.54 bits per heavy atom.